The second kappa shape index (κ2) is 9.47. The number of nitrogens with two attached hydrogens (primary N) is 1. The third-order valence-electron chi connectivity index (χ3n) is 8.69. The molecule has 1 amide bonds. The van der Waals surface area contributed by atoms with E-state index in [4.69, 9.17) is 5.73 Å². The number of hydrogen-bond donors (Lipinski definition) is 3. The molecular formula is C27H34F2N4O2. The first-order chi connectivity index (χ1) is 16.9. The summed E-state index contributed by atoms with van der Waals surface area (Å²) in [5, 5.41) is 12.7. The summed E-state index contributed by atoms with van der Waals surface area (Å²) in [6.07, 6.45) is 4.26. The first kappa shape index (κ1) is 24.1. The predicted molar refractivity (Wildman–Crippen MR) is 131 cm³/mol. The summed E-state index contributed by atoms with van der Waals surface area (Å²) < 4.78 is 26.5. The molecule has 0 bridgehead atoms. The molecule has 3 aliphatic rings. The first-order valence-electron chi connectivity index (χ1n) is 12.6. The molecule has 4 N–H and O–H groups in total. The highest BCUT2D eigenvalue weighted by Crippen LogP contribution is 2.64. The number of amides is 1. The van der Waals surface area contributed by atoms with Crippen molar-refractivity contribution in [3.63, 3.8) is 0 Å². The van der Waals surface area contributed by atoms with Gasteiger partial charge < -0.3 is 16.2 Å². The number of aromatic nitrogens is 1. The molecule has 0 unspecified atom stereocenters. The summed E-state index contributed by atoms with van der Waals surface area (Å²) in [4.78, 5) is 19.1. The minimum Gasteiger partial charge on any atom is -0.393 e. The average Bonchev–Trinajstić information content (AvgIpc) is 3.22. The minimum atomic E-state index is -0.657. The van der Waals surface area contributed by atoms with Crippen LogP contribution in [0.3, 0.4) is 0 Å². The number of aliphatic hydroxyl groups is 1. The van der Waals surface area contributed by atoms with Gasteiger partial charge in [0.2, 0.25) is 0 Å². The summed E-state index contributed by atoms with van der Waals surface area (Å²) in [6, 6.07) is 9.39. The SMILES string of the molecule is C[C@H]1[C@H]2CN(C(CF)CF)C[C@]21c1ccc(-c2cnc(N)c(C(=O)NC3CCC(O)CC3)c2)cc1. The second-order valence-corrected chi connectivity index (χ2v) is 10.5. The molecule has 1 aromatic heterocycles. The molecule has 188 valence electrons. The molecule has 35 heavy (non-hydrogen) atoms. The lowest BCUT2D eigenvalue weighted by atomic mass is 9.91. The van der Waals surface area contributed by atoms with E-state index in [1.807, 2.05) is 17.0 Å². The number of carbonyl (C=O) groups is 1. The van der Waals surface area contributed by atoms with Crippen molar-refractivity contribution in [2.75, 3.05) is 32.2 Å². The molecule has 2 heterocycles. The van der Waals surface area contributed by atoms with E-state index in [9.17, 15) is 18.7 Å². The van der Waals surface area contributed by atoms with Crippen LogP contribution in [0.15, 0.2) is 36.5 Å². The fourth-order valence-electron chi connectivity index (χ4n) is 6.32. The van der Waals surface area contributed by atoms with Gasteiger partial charge in [-0.1, -0.05) is 31.2 Å². The molecule has 3 fully saturated rings. The van der Waals surface area contributed by atoms with Gasteiger partial charge in [0, 0.05) is 36.3 Å². The average molecular weight is 485 g/mol. The van der Waals surface area contributed by atoms with Crippen LogP contribution >= 0.6 is 0 Å². The fraction of sp³-hybridized carbons (Fsp3) is 0.556. The van der Waals surface area contributed by atoms with E-state index >= 15 is 0 Å². The molecule has 0 radical (unpaired) electrons. The molecule has 1 aliphatic heterocycles. The van der Waals surface area contributed by atoms with Gasteiger partial charge in [0.15, 0.2) is 0 Å². The molecule has 5 rings (SSSR count). The van der Waals surface area contributed by atoms with Gasteiger partial charge in [-0.3, -0.25) is 9.69 Å². The van der Waals surface area contributed by atoms with Crippen LogP contribution in [-0.2, 0) is 5.41 Å². The molecule has 2 saturated carbocycles. The van der Waals surface area contributed by atoms with E-state index in [-0.39, 0.29) is 29.3 Å². The van der Waals surface area contributed by atoms with Crippen molar-refractivity contribution in [1.82, 2.24) is 15.2 Å². The minimum absolute atomic E-state index is 0.0290. The van der Waals surface area contributed by atoms with Crippen LogP contribution in [0.5, 0.6) is 0 Å². The van der Waals surface area contributed by atoms with E-state index in [0.29, 0.717) is 36.8 Å². The van der Waals surface area contributed by atoms with Crippen molar-refractivity contribution in [1.29, 1.82) is 0 Å². The van der Waals surface area contributed by atoms with Crippen LogP contribution in [0.4, 0.5) is 14.6 Å². The number of nitrogens with one attached hydrogen (secondary N) is 1. The van der Waals surface area contributed by atoms with E-state index in [0.717, 1.165) is 30.5 Å². The molecule has 6 nitrogen and oxygen atoms in total. The monoisotopic (exact) mass is 484 g/mol. The van der Waals surface area contributed by atoms with Crippen LogP contribution in [0.1, 0.15) is 48.5 Å². The number of alkyl halides is 2. The lowest BCUT2D eigenvalue weighted by molar-refractivity contribution is 0.0868. The number of hydrogen-bond acceptors (Lipinski definition) is 5. The maximum atomic E-state index is 13.2. The third-order valence-corrected chi connectivity index (χ3v) is 8.69. The Morgan fingerprint density at radius 2 is 1.89 bits per heavy atom. The number of aliphatic hydroxyl groups excluding tert-OH is 1. The number of pyridine rings is 1. The lowest BCUT2D eigenvalue weighted by Gasteiger charge is -2.28. The van der Waals surface area contributed by atoms with Crippen LogP contribution in [-0.4, -0.2) is 65.5 Å². The van der Waals surface area contributed by atoms with Crippen LogP contribution in [0.25, 0.3) is 11.1 Å². The van der Waals surface area contributed by atoms with Crippen molar-refractivity contribution >= 4 is 11.7 Å². The number of anilines is 1. The quantitative estimate of drug-likeness (QED) is 0.560. The summed E-state index contributed by atoms with van der Waals surface area (Å²) in [5.41, 5.74) is 9.26. The Morgan fingerprint density at radius 1 is 1.20 bits per heavy atom. The van der Waals surface area contributed by atoms with Crippen LogP contribution in [0.2, 0.25) is 0 Å². The van der Waals surface area contributed by atoms with Crippen LogP contribution in [0, 0.1) is 11.8 Å². The Hall–Kier alpha value is -2.58. The number of carbonyl (C=O) groups excluding carboxylic acids is 1. The summed E-state index contributed by atoms with van der Waals surface area (Å²) >= 11 is 0. The largest absolute Gasteiger partial charge is 0.393 e. The van der Waals surface area contributed by atoms with E-state index < -0.39 is 19.4 Å². The fourth-order valence-corrected chi connectivity index (χ4v) is 6.32. The van der Waals surface area contributed by atoms with Gasteiger partial charge >= 0.3 is 0 Å². The van der Waals surface area contributed by atoms with Gasteiger partial charge in [-0.2, -0.15) is 0 Å². The Labute approximate surface area is 204 Å². The van der Waals surface area contributed by atoms with Gasteiger partial charge in [0.25, 0.3) is 5.91 Å². The molecule has 1 saturated heterocycles. The number of benzene rings is 1. The number of nitrogens with zero attached hydrogens (tertiary/aromatic N) is 2. The number of rotatable bonds is 7. The summed E-state index contributed by atoms with van der Waals surface area (Å²) in [7, 11) is 0. The molecule has 1 aromatic carbocycles. The van der Waals surface area contributed by atoms with Gasteiger partial charge in [-0.25, -0.2) is 13.8 Å². The summed E-state index contributed by atoms with van der Waals surface area (Å²) in [6.45, 7) is 2.33. The van der Waals surface area contributed by atoms with Crippen molar-refractivity contribution < 1.29 is 18.7 Å². The number of fused-ring (bicyclic) bond motifs is 1. The zero-order valence-electron chi connectivity index (χ0n) is 20.1. The Bertz CT molecular complexity index is 1070. The van der Waals surface area contributed by atoms with E-state index in [2.05, 4.69) is 29.4 Å². The topological polar surface area (TPSA) is 91.5 Å². The zero-order valence-corrected chi connectivity index (χ0v) is 20.1. The van der Waals surface area contributed by atoms with E-state index in [1.54, 1.807) is 12.3 Å². The van der Waals surface area contributed by atoms with Crippen molar-refractivity contribution in [2.45, 2.75) is 56.2 Å². The molecular weight excluding hydrogens is 450 g/mol. The number of piperidine rings is 1. The molecule has 3 atom stereocenters. The van der Waals surface area contributed by atoms with Gasteiger partial charge in [-0.15, -0.1) is 0 Å². The molecule has 8 heteroatoms. The van der Waals surface area contributed by atoms with E-state index in [1.165, 1.54) is 5.56 Å². The maximum absolute atomic E-state index is 13.2. The summed E-state index contributed by atoms with van der Waals surface area (Å²) in [5.74, 6) is 0.848. The number of halogens is 2. The highest BCUT2D eigenvalue weighted by molar-refractivity contribution is 5.99. The smallest absolute Gasteiger partial charge is 0.255 e. The zero-order chi connectivity index (χ0) is 24.7. The lowest BCUT2D eigenvalue weighted by Crippen LogP contribution is -2.40. The van der Waals surface area contributed by atoms with Crippen molar-refractivity contribution in [2.24, 2.45) is 11.8 Å². The second-order valence-electron chi connectivity index (χ2n) is 10.5. The Morgan fingerprint density at radius 3 is 2.54 bits per heavy atom. The Kier molecular flexibility index (Phi) is 6.53. The predicted octanol–water partition coefficient (Wildman–Crippen LogP) is 3.49. The van der Waals surface area contributed by atoms with Crippen molar-refractivity contribution in [3.8, 4) is 11.1 Å². The van der Waals surface area contributed by atoms with Crippen molar-refractivity contribution in [3.05, 3.63) is 47.7 Å². The van der Waals surface area contributed by atoms with Gasteiger partial charge in [0.1, 0.15) is 19.2 Å². The highest BCUT2D eigenvalue weighted by Gasteiger charge is 2.67. The maximum Gasteiger partial charge on any atom is 0.255 e. The molecule has 0 spiro atoms. The van der Waals surface area contributed by atoms with Gasteiger partial charge in [-0.05, 0) is 54.7 Å². The number of nitrogen functional groups attached to an aromatic ring is 1. The standard InChI is InChI=1S/C27H34F2N4O2/c1-16-24-14-33(21(11-28)12-29)15-27(16,24)19-4-2-17(3-5-19)18-10-23(25(30)31-13-18)26(35)32-20-6-8-22(34)9-7-20/h2-5,10,13,16,20-22,24,34H,6-9,11-12,14-15H2,1H3,(H2,30,31)(H,32,35)/t16-,20?,22?,24+,27-/m0/s1. The molecule has 2 aromatic rings. The molecule has 2 aliphatic carbocycles. The normalized spacial score (nSPS) is 30.3. The highest BCUT2D eigenvalue weighted by atomic mass is 19.1. The third kappa shape index (κ3) is 4.31. The number of likely N-dealkylation sites (tertiary alicyclic amines) is 1. The first-order valence-corrected chi connectivity index (χ1v) is 12.6. The van der Waals surface area contributed by atoms with Gasteiger partial charge in [0.05, 0.1) is 17.7 Å². The van der Waals surface area contributed by atoms with Crippen LogP contribution < -0.4 is 11.1 Å². The Balaban J connectivity index is 1.31.